The van der Waals surface area contributed by atoms with Crippen molar-refractivity contribution in [3.05, 3.63) is 41.4 Å². The van der Waals surface area contributed by atoms with Gasteiger partial charge in [-0.25, -0.2) is 9.59 Å². The molecule has 4 N–H and O–H groups in total. The average Bonchev–Trinajstić information content (AvgIpc) is 3.17. The van der Waals surface area contributed by atoms with Gasteiger partial charge in [-0.2, -0.15) is 5.10 Å². The maximum absolute atomic E-state index is 9.55. The molecule has 3 aromatic rings. The van der Waals surface area contributed by atoms with Crippen LogP contribution in [0.1, 0.15) is 24.6 Å². The molecule has 138 valence electrons. The molecule has 26 heavy (non-hydrogen) atoms. The lowest BCUT2D eigenvalue weighted by Crippen LogP contribution is -2.10. The van der Waals surface area contributed by atoms with E-state index in [0.717, 1.165) is 6.54 Å². The maximum Gasteiger partial charge on any atom is 0.328 e. The van der Waals surface area contributed by atoms with Gasteiger partial charge in [0.2, 0.25) is 0 Å². The summed E-state index contributed by atoms with van der Waals surface area (Å²) in [6.45, 7) is 5.86. The van der Waals surface area contributed by atoms with Crippen LogP contribution in [-0.2, 0) is 16.1 Å². The minimum absolute atomic E-state index is 0.558. The third-order valence-electron chi connectivity index (χ3n) is 3.60. The van der Waals surface area contributed by atoms with Crippen LogP contribution < -0.4 is 5.73 Å². The zero-order valence-electron chi connectivity index (χ0n) is 14.5. The van der Waals surface area contributed by atoms with Gasteiger partial charge in [0.15, 0.2) is 0 Å². The monoisotopic (exact) mass is 375 g/mol. The van der Waals surface area contributed by atoms with Gasteiger partial charge in [0, 0.05) is 39.0 Å². The summed E-state index contributed by atoms with van der Waals surface area (Å²) in [6.07, 6.45) is 3.04. The standard InChI is InChI=1S/C14H17N3S.C4H4O4/c1-9(2)13-7-11-12(18-13)4-3-10-8-16-17(6-5-15)14(10)11;5-3(6)1-2-4(7)8/h3-4,7-9H,5-6,15H2,1-2H3;1-2H,(H,5,6)(H,7,8)/b;2-1+. The van der Waals surface area contributed by atoms with Crippen molar-refractivity contribution in [3.63, 3.8) is 0 Å². The van der Waals surface area contributed by atoms with Crippen molar-refractivity contribution in [2.24, 2.45) is 5.73 Å². The Kier molecular flexibility index (Phi) is 6.48. The lowest BCUT2D eigenvalue weighted by Gasteiger charge is -2.01. The van der Waals surface area contributed by atoms with E-state index in [9.17, 15) is 9.59 Å². The fourth-order valence-electron chi connectivity index (χ4n) is 2.43. The summed E-state index contributed by atoms with van der Waals surface area (Å²) in [4.78, 5) is 20.5. The largest absolute Gasteiger partial charge is 0.478 e. The van der Waals surface area contributed by atoms with Gasteiger partial charge in [-0.15, -0.1) is 11.3 Å². The number of hydrogen-bond donors (Lipinski definition) is 3. The van der Waals surface area contributed by atoms with Gasteiger partial charge in [-0.1, -0.05) is 13.8 Å². The van der Waals surface area contributed by atoms with E-state index >= 15 is 0 Å². The highest BCUT2D eigenvalue weighted by atomic mass is 32.1. The number of carboxylic acids is 2. The van der Waals surface area contributed by atoms with Gasteiger partial charge in [-0.3, -0.25) is 4.68 Å². The predicted molar refractivity (Wildman–Crippen MR) is 103 cm³/mol. The number of carboxylic acid groups (broad SMARTS) is 2. The van der Waals surface area contributed by atoms with Crippen LogP contribution in [0.4, 0.5) is 0 Å². The quantitative estimate of drug-likeness (QED) is 0.590. The zero-order chi connectivity index (χ0) is 19.3. The smallest absolute Gasteiger partial charge is 0.328 e. The van der Waals surface area contributed by atoms with Crippen LogP contribution in [0.15, 0.2) is 36.5 Å². The highest BCUT2D eigenvalue weighted by Gasteiger charge is 2.11. The lowest BCUT2D eigenvalue weighted by molar-refractivity contribution is -0.134. The molecular formula is C18H21N3O4S. The molecule has 3 rings (SSSR count). The Labute approximate surface area is 154 Å². The molecule has 8 heteroatoms. The van der Waals surface area contributed by atoms with Gasteiger partial charge in [0.1, 0.15) is 0 Å². The van der Waals surface area contributed by atoms with Gasteiger partial charge in [0.05, 0.1) is 18.3 Å². The van der Waals surface area contributed by atoms with Gasteiger partial charge in [0.25, 0.3) is 0 Å². The van der Waals surface area contributed by atoms with Gasteiger partial charge >= 0.3 is 11.9 Å². The molecule has 0 radical (unpaired) electrons. The SMILES string of the molecule is CC(C)c1cc2c(ccc3cnn(CCN)c32)s1.O=C(O)/C=C/C(=O)O. The van der Waals surface area contributed by atoms with E-state index in [1.807, 2.05) is 22.2 Å². The second kappa shape index (κ2) is 8.59. The summed E-state index contributed by atoms with van der Waals surface area (Å²) in [7, 11) is 0. The lowest BCUT2D eigenvalue weighted by atomic mass is 10.1. The Morgan fingerprint density at radius 3 is 2.46 bits per heavy atom. The third kappa shape index (κ3) is 4.68. The normalized spacial score (nSPS) is 11.2. The van der Waals surface area contributed by atoms with E-state index in [0.29, 0.717) is 24.6 Å². The van der Waals surface area contributed by atoms with E-state index in [1.54, 1.807) is 0 Å². The Morgan fingerprint density at radius 1 is 1.27 bits per heavy atom. The predicted octanol–water partition coefficient (Wildman–Crippen LogP) is 3.04. The second-order valence-electron chi connectivity index (χ2n) is 5.88. The first-order chi connectivity index (χ1) is 12.3. The van der Waals surface area contributed by atoms with E-state index in [-0.39, 0.29) is 0 Å². The minimum Gasteiger partial charge on any atom is -0.478 e. The number of aromatic nitrogens is 2. The molecular weight excluding hydrogens is 354 g/mol. The van der Waals surface area contributed by atoms with Crippen LogP contribution in [0.5, 0.6) is 0 Å². The maximum atomic E-state index is 9.55. The first-order valence-electron chi connectivity index (χ1n) is 8.05. The molecule has 7 nitrogen and oxygen atoms in total. The van der Waals surface area contributed by atoms with Crippen molar-refractivity contribution < 1.29 is 19.8 Å². The van der Waals surface area contributed by atoms with Crippen molar-refractivity contribution in [1.82, 2.24) is 9.78 Å². The van der Waals surface area contributed by atoms with Crippen molar-refractivity contribution >= 4 is 44.3 Å². The first-order valence-corrected chi connectivity index (χ1v) is 8.87. The number of nitrogens with zero attached hydrogens (tertiary/aromatic N) is 2. The first kappa shape index (κ1) is 19.6. The summed E-state index contributed by atoms with van der Waals surface area (Å²) < 4.78 is 3.36. The van der Waals surface area contributed by atoms with Gasteiger partial charge < -0.3 is 15.9 Å². The Bertz CT molecular complexity index is 940. The average molecular weight is 375 g/mol. The van der Waals surface area contributed by atoms with Crippen molar-refractivity contribution in [2.45, 2.75) is 26.3 Å². The highest BCUT2D eigenvalue weighted by molar-refractivity contribution is 7.19. The highest BCUT2D eigenvalue weighted by Crippen LogP contribution is 2.35. The van der Waals surface area contributed by atoms with Gasteiger partial charge in [-0.05, 0) is 24.1 Å². The molecule has 0 atom stereocenters. The van der Waals surface area contributed by atoms with Crippen LogP contribution in [0.2, 0.25) is 0 Å². The summed E-state index contributed by atoms with van der Waals surface area (Å²) in [6, 6.07) is 6.66. The van der Waals surface area contributed by atoms with Crippen LogP contribution in [0.3, 0.4) is 0 Å². The second-order valence-corrected chi connectivity index (χ2v) is 7.00. The molecule has 0 spiro atoms. The number of carbonyl (C=O) groups is 2. The molecule has 0 aliphatic carbocycles. The Hall–Kier alpha value is -2.71. The molecule has 0 amide bonds. The minimum atomic E-state index is -1.26. The fraction of sp³-hybridized carbons (Fsp3) is 0.278. The van der Waals surface area contributed by atoms with E-state index in [4.69, 9.17) is 15.9 Å². The van der Waals surface area contributed by atoms with Crippen LogP contribution >= 0.6 is 11.3 Å². The summed E-state index contributed by atoms with van der Waals surface area (Å²) in [5, 5.41) is 22.6. The van der Waals surface area contributed by atoms with Crippen molar-refractivity contribution in [1.29, 1.82) is 0 Å². The Balaban J connectivity index is 0.000000260. The zero-order valence-corrected chi connectivity index (χ0v) is 15.4. The number of nitrogens with two attached hydrogens (primary N) is 1. The molecule has 0 aliphatic heterocycles. The number of hydrogen-bond acceptors (Lipinski definition) is 5. The number of thiophene rings is 1. The molecule has 0 aliphatic rings. The molecule has 2 heterocycles. The van der Waals surface area contributed by atoms with Crippen LogP contribution in [0.25, 0.3) is 21.0 Å². The topological polar surface area (TPSA) is 118 Å². The molecule has 0 unspecified atom stereocenters. The molecule has 0 saturated carbocycles. The van der Waals surface area contributed by atoms with Crippen molar-refractivity contribution in [2.75, 3.05) is 6.54 Å². The molecule has 0 fully saturated rings. The molecule has 2 aromatic heterocycles. The van der Waals surface area contributed by atoms with E-state index in [1.165, 1.54) is 25.9 Å². The number of benzene rings is 1. The van der Waals surface area contributed by atoms with Crippen LogP contribution in [-0.4, -0.2) is 38.5 Å². The molecule has 0 saturated heterocycles. The third-order valence-corrected chi connectivity index (χ3v) is 5.00. The van der Waals surface area contributed by atoms with E-state index in [2.05, 4.69) is 37.1 Å². The number of fused-ring (bicyclic) bond motifs is 3. The number of aliphatic carboxylic acids is 2. The van der Waals surface area contributed by atoms with Crippen molar-refractivity contribution in [3.8, 4) is 0 Å². The summed E-state index contributed by atoms with van der Waals surface area (Å²) in [5.74, 6) is -1.94. The van der Waals surface area contributed by atoms with E-state index < -0.39 is 11.9 Å². The summed E-state index contributed by atoms with van der Waals surface area (Å²) >= 11 is 1.88. The Morgan fingerprint density at radius 2 is 1.92 bits per heavy atom. The fourth-order valence-corrected chi connectivity index (χ4v) is 3.50. The molecule has 1 aromatic carbocycles. The van der Waals surface area contributed by atoms with Crippen LogP contribution in [0, 0.1) is 0 Å². The molecule has 0 bridgehead atoms. The number of rotatable bonds is 5. The summed E-state index contributed by atoms with van der Waals surface area (Å²) in [5.41, 5.74) is 6.87.